The van der Waals surface area contributed by atoms with Crippen molar-refractivity contribution in [3.63, 3.8) is 0 Å². The number of unbranched alkanes of at least 4 members (excludes halogenated alkanes) is 8. The number of likely N-dealkylation sites (tertiary alicyclic amines) is 1. The molecule has 2 nitrogen and oxygen atoms in total. The summed E-state index contributed by atoms with van der Waals surface area (Å²) in [7, 11) is 0. The molecule has 0 aromatic rings. The number of nitrogens with zero attached hydrogens (tertiary/aromatic N) is 1. The van der Waals surface area contributed by atoms with E-state index in [1.54, 1.807) is 0 Å². The molecule has 1 fully saturated rings. The van der Waals surface area contributed by atoms with E-state index in [0.29, 0.717) is 6.54 Å². The maximum atomic E-state index is 13.1. The first-order chi connectivity index (χ1) is 11.9. The molecule has 1 aliphatic rings. The normalized spacial score (nSPS) is 22.2. The zero-order chi connectivity index (χ0) is 18.7. The Labute approximate surface area is 152 Å². The van der Waals surface area contributed by atoms with Crippen LogP contribution in [0.15, 0.2) is 0 Å². The van der Waals surface area contributed by atoms with Crippen LogP contribution < -0.4 is 5.73 Å². The summed E-state index contributed by atoms with van der Waals surface area (Å²) < 4.78 is 39.4. The smallest absolute Gasteiger partial charge is 0.326 e. The van der Waals surface area contributed by atoms with Gasteiger partial charge in [0.25, 0.3) is 0 Å². The second-order valence-electron chi connectivity index (χ2n) is 7.83. The highest BCUT2D eigenvalue weighted by atomic mass is 19.4. The van der Waals surface area contributed by atoms with Crippen LogP contribution in [0.2, 0.25) is 0 Å². The van der Waals surface area contributed by atoms with Crippen molar-refractivity contribution in [3.05, 3.63) is 0 Å². The van der Waals surface area contributed by atoms with Crippen molar-refractivity contribution in [2.24, 2.45) is 11.7 Å². The molecule has 150 valence electrons. The van der Waals surface area contributed by atoms with Crippen LogP contribution in [0.5, 0.6) is 0 Å². The fraction of sp³-hybridized carbons (Fsp3) is 1.00. The van der Waals surface area contributed by atoms with Crippen molar-refractivity contribution in [1.82, 2.24) is 4.90 Å². The molecule has 0 amide bonds. The van der Waals surface area contributed by atoms with Crippen molar-refractivity contribution in [2.75, 3.05) is 13.1 Å². The lowest BCUT2D eigenvalue weighted by Gasteiger charge is -2.28. The van der Waals surface area contributed by atoms with Gasteiger partial charge >= 0.3 is 6.18 Å². The summed E-state index contributed by atoms with van der Waals surface area (Å²) in [6.45, 7) is 4.89. The van der Waals surface area contributed by atoms with Crippen molar-refractivity contribution in [3.8, 4) is 0 Å². The summed E-state index contributed by atoms with van der Waals surface area (Å²) in [6, 6.07) is -0.482. The van der Waals surface area contributed by atoms with E-state index in [1.165, 1.54) is 51.4 Å². The highest BCUT2D eigenvalue weighted by Gasteiger charge is 2.49. The van der Waals surface area contributed by atoms with E-state index >= 15 is 0 Å². The Balaban J connectivity index is 2.48. The number of halogens is 3. The van der Waals surface area contributed by atoms with Gasteiger partial charge in [0.05, 0.1) is 5.92 Å². The van der Waals surface area contributed by atoms with Gasteiger partial charge in [-0.3, -0.25) is 4.90 Å². The lowest BCUT2D eigenvalue weighted by molar-refractivity contribution is -0.173. The molecule has 1 aliphatic heterocycles. The van der Waals surface area contributed by atoms with Gasteiger partial charge in [-0.25, -0.2) is 0 Å². The Morgan fingerprint density at radius 1 is 0.840 bits per heavy atom. The van der Waals surface area contributed by atoms with Crippen molar-refractivity contribution in [2.45, 2.75) is 109 Å². The zero-order valence-electron chi connectivity index (χ0n) is 16.3. The van der Waals surface area contributed by atoms with Crippen LogP contribution in [-0.4, -0.2) is 36.2 Å². The van der Waals surface area contributed by atoms with Crippen molar-refractivity contribution >= 4 is 0 Å². The standard InChI is InChI=1S/C20H39F3N2/c1-3-5-7-9-11-13-17(14-12-10-8-6-4-2)25-15-18(19(24)16-25)20(21,22)23/h17-19H,3-16,24H2,1-2H3. The van der Waals surface area contributed by atoms with E-state index in [2.05, 4.69) is 13.8 Å². The minimum Gasteiger partial charge on any atom is -0.326 e. The third kappa shape index (κ3) is 8.76. The predicted octanol–water partition coefficient (Wildman–Crippen LogP) is 5.90. The first-order valence-corrected chi connectivity index (χ1v) is 10.5. The van der Waals surface area contributed by atoms with Crippen LogP contribution in [0.25, 0.3) is 0 Å². The number of rotatable bonds is 13. The molecule has 2 unspecified atom stereocenters. The zero-order valence-corrected chi connectivity index (χ0v) is 16.3. The third-order valence-corrected chi connectivity index (χ3v) is 5.61. The fourth-order valence-corrected chi connectivity index (χ4v) is 3.98. The summed E-state index contributed by atoms with van der Waals surface area (Å²) in [5, 5.41) is 0. The molecular formula is C20H39F3N2. The van der Waals surface area contributed by atoms with Gasteiger partial charge in [-0.05, 0) is 12.8 Å². The summed E-state index contributed by atoms with van der Waals surface area (Å²) >= 11 is 0. The molecule has 0 saturated carbocycles. The number of hydrogen-bond acceptors (Lipinski definition) is 2. The molecule has 0 spiro atoms. The first-order valence-electron chi connectivity index (χ1n) is 10.5. The minimum absolute atomic E-state index is 0.0965. The average Bonchev–Trinajstić information content (AvgIpc) is 2.94. The Bertz CT molecular complexity index is 319. The SMILES string of the molecule is CCCCCCCC(CCCCCCC)N1CC(N)C(C(F)(F)F)C1. The Morgan fingerprint density at radius 3 is 1.72 bits per heavy atom. The molecule has 1 saturated heterocycles. The fourth-order valence-electron chi connectivity index (χ4n) is 3.98. The highest BCUT2D eigenvalue weighted by molar-refractivity contribution is 4.93. The summed E-state index contributed by atoms with van der Waals surface area (Å²) in [6.07, 6.45) is 9.96. The molecule has 0 radical (unpaired) electrons. The molecule has 25 heavy (non-hydrogen) atoms. The summed E-state index contributed by atoms with van der Waals surface area (Å²) in [5.41, 5.74) is 5.82. The molecule has 0 bridgehead atoms. The van der Waals surface area contributed by atoms with Gasteiger partial charge in [-0.2, -0.15) is 13.2 Å². The molecule has 1 rings (SSSR count). The van der Waals surface area contributed by atoms with Gasteiger partial charge in [-0.15, -0.1) is 0 Å². The van der Waals surface area contributed by atoms with E-state index < -0.39 is 18.1 Å². The number of nitrogens with two attached hydrogens (primary N) is 1. The van der Waals surface area contributed by atoms with Crippen LogP contribution in [0.3, 0.4) is 0 Å². The van der Waals surface area contributed by atoms with Crippen LogP contribution in [0.1, 0.15) is 90.9 Å². The minimum atomic E-state index is -4.17. The largest absolute Gasteiger partial charge is 0.394 e. The topological polar surface area (TPSA) is 29.3 Å². The van der Waals surface area contributed by atoms with Gasteiger partial charge in [0.2, 0.25) is 0 Å². The van der Waals surface area contributed by atoms with Gasteiger partial charge in [0.15, 0.2) is 0 Å². The molecular weight excluding hydrogens is 325 g/mol. The summed E-state index contributed by atoms with van der Waals surface area (Å²) in [5.74, 6) is -1.35. The molecule has 5 heteroatoms. The second-order valence-corrected chi connectivity index (χ2v) is 7.83. The van der Waals surface area contributed by atoms with Crippen LogP contribution in [-0.2, 0) is 0 Å². The quantitative estimate of drug-likeness (QED) is 0.412. The van der Waals surface area contributed by atoms with Crippen LogP contribution in [0.4, 0.5) is 13.2 Å². The lowest BCUT2D eigenvalue weighted by Crippen LogP contribution is -2.38. The Morgan fingerprint density at radius 2 is 1.32 bits per heavy atom. The maximum Gasteiger partial charge on any atom is 0.394 e. The molecule has 2 atom stereocenters. The second kappa shape index (κ2) is 12.2. The Kier molecular flexibility index (Phi) is 11.1. The molecule has 0 aromatic heterocycles. The highest BCUT2D eigenvalue weighted by Crippen LogP contribution is 2.35. The monoisotopic (exact) mass is 364 g/mol. The molecule has 1 heterocycles. The molecule has 0 aromatic carbocycles. The summed E-state index contributed by atoms with van der Waals surface area (Å²) in [4.78, 5) is 2.04. The van der Waals surface area contributed by atoms with Gasteiger partial charge in [0, 0.05) is 25.2 Å². The third-order valence-electron chi connectivity index (χ3n) is 5.61. The lowest BCUT2D eigenvalue weighted by atomic mass is 9.99. The maximum absolute atomic E-state index is 13.1. The van der Waals surface area contributed by atoms with Gasteiger partial charge in [0.1, 0.15) is 0 Å². The number of hydrogen-bond donors (Lipinski definition) is 1. The predicted molar refractivity (Wildman–Crippen MR) is 99.6 cm³/mol. The van der Waals surface area contributed by atoms with Gasteiger partial charge < -0.3 is 5.73 Å². The van der Waals surface area contributed by atoms with Gasteiger partial charge in [-0.1, -0.05) is 78.1 Å². The Hall–Kier alpha value is -0.290. The van der Waals surface area contributed by atoms with Crippen LogP contribution >= 0.6 is 0 Å². The van der Waals surface area contributed by atoms with E-state index in [0.717, 1.165) is 25.7 Å². The first kappa shape index (κ1) is 22.8. The van der Waals surface area contributed by atoms with E-state index in [9.17, 15) is 13.2 Å². The van der Waals surface area contributed by atoms with E-state index in [-0.39, 0.29) is 12.6 Å². The average molecular weight is 365 g/mol. The number of alkyl halides is 3. The molecule has 2 N–H and O–H groups in total. The van der Waals surface area contributed by atoms with Crippen molar-refractivity contribution < 1.29 is 13.2 Å². The van der Waals surface area contributed by atoms with Crippen LogP contribution in [0, 0.1) is 5.92 Å². The van der Waals surface area contributed by atoms with Crippen molar-refractivity contribution in [1.29, 1.82) is 0 Å². The van der Waals surface area contributed by atoms with E-state index in [4.69, 9.17) is 5.73 Å². The van der Waals surface area contributed by atoms with E-state index in [1.807, 2.05) is 4.90 Å². The molecule has 0 aliphatic carbocycles.